The maximum Gasteiger partial charge on any atom is 0.443 e. The summed E-state index contributed by atoms with van der Waals surface area (Å²) in [5.74, 6) is 0.993. The molecule has 4 aromatic heterocycles. The maximum absolute atomic E-state index is 13.2. The van der Waals surface area contributed by atoms with E-state index in [1.165, 1.54) is 30.2 Å². The first-order chi connectivity index (χ1) is 19.6. The minimum atomic E-state index is -4.55. The average molecular weight is 607 g/mol. The number of aromatic nitrogens is 6. The molecule has 0 amide bonds. The monoisotopic (exact) mass is 606 g/mol. The lowest BCUT2D eigenvalue weighted by Gasteiger charge is -2.28. The van der Waals surface area contributed by atoms with Crippen molar-refractivity contribution >= 4 is 38.7 Å². The zero-order valence-electron chi connectivity index (χ0n) is 21.4. The fourth-order valence-corrected chi connectivity index (χ4v) is 6.76. The maximum atomic E-state index is 13.2. The summed E-state index contributed by atoms with van der Waals surface area (Å²) in [6.45, 7) is 0. The standard InChI is InChI=1S/C25H25F3N8O3S2/c26-25(27,28)24-33-20(13-40-24)18-11-30-22(9-19(18)32-15-1-3-16(37)4-2-15)34-21-7-8-29-23(35-21)14-10-31-36(12-14)41(38,39)17-5-6-17/h7-13,15-17,37H,1-6H2,(H2,29,30,32,34,35). The Morgan fingerprint density at radius 3 is 2.51 bits per heavy atom. The van der Waals surface area contributed by atoms with Crippen molar-refractivity contribution in [2.75, 3.05) is 10.6 Å². The molecule has 0 atom stereocenters. The highest BCUT2D eigenvalue weighted by Crippen LogP contribution is 2.38. The van der Waals surface area contributed by atoms with E-state index in [9.17, 15) is 26.7 Å². The van der Waals surface area contributed by atoms with Crippen LogP contribution in [0.15, 0.2) is 42.3 Å². The number of hydrogen-bond acceptors (Lipinski definition) is 11. The van der Waals surface area contributed by atoms with E-state index in [1.807, 2.05) is 0 Å². The zero-order chi connectivity index (χ0) is 28.8. The first-order valence-electron chi connectivity index (χ1n) is 12.9. The third kappa shape index (κ3) is 6.04. The van der Waals surface area contributed by atoms with Gasteiger partial charge >= 0.3 is 6.18 Å². The zero-order valence-corrected chi connectivity index (χ0v) is 23.0. The molecule has 0 aliphatic heterocycles. The summed E-state index contributed by atoms with van der Waals surface area (Å²) in [7, 11) is -3.53. The molecule has 41 heavy (non-hydrogen) atoms. The van der Waals surface area contributed by atoms with Gasteiger partial charge in [0.15, 0.2) is 10.8 Å². The molecule has 6 rings (SSSR count). The van der Waals surface area contributed by atoms with E-state index >= 15 is 0 Å². The lowest BCUT2D eigenvalue weighted by atomic mass is 9.93. The van der Waals surface area contributed by atoms with Crippen LogP contribution in [0.2, 0.25) is 0 Å². The molecule has 2 saturated carbocycles. The van der Waals surface area contributed by atoms with Gasteiger partial charge in [0.05, 0.1) is 35.0 Å². The van der Waals surface area contributed by atoms with Crippen molar-refractivity contribution in [1.82, 2.24) is 29.1 Å². The molecule has 0 aromatic carbocycles. The van der Waals surface area contributed by atoms with E-state index in [-0.39, 0.29) is 23.7 Å². The van der Waals surface area contributed by atoms with E-state index in [0.29, 0.717) is 78.3 Å². The van der Waals surface area contributed by atoms with E-state index in [4.69, 9.17) is 0 Å². The number of thiazole rings is 1. The highest BCUT2D eigenvalue weighted by molar-refractivity contribution is 7.90. The van der Waals surface area contributed by atoms with Crippen molar-refractivity contribution in [3.05, 3.63) is 47.3 Å². The van der Waals surface area contributed by atoms with Crippen molar-refractivity contribution in [3.8, 4) is 22.6 Å². The molecule has 4 heterocycles. The molecule has 2 fully saturated rings. The van der Waals surface area contributed by atoms with Gasteiger partial charge in [-0.1, -0.05) is 0 Å². The Morgan fingerprint density at radius 1 is 1.02 bits per heavy atom. The van der Waals surface area contributed by atoms with E-state index in [1.54, 1.807) is 12.1 Å². The molecule has 4 aromatic rings. The van der Waals surface area contributed by atoms with Gasteiger partial charge in [0.1, 0.15) is 11.6 Å². The second-order valence-electron chi connectivity index (χ2n) is 10.0. The molecule has 0 radical (unpaired) electrons. The first kappa shape index (κ1) is 27.5. The van der Waals surface area contributed by atoms with Crippen LogP contribution in [0.25, 0.3) is 22.6 Å². The Kier molecular flexibility index (Phi) is 7.15. The number of nitrogens with zero attached hydrogens (tertiary/aromatic N) is 6. The van der Waals surface area contributed by atoms with Crippen LogP contribution < -0.4 is 10.6 Å². The molecule has 216 valence electrons. The van der Waals surface area contributed by atoms with Gasteiger partial charge in [0, 0.05) is 41.1 Å². The summed E-state index contributed by atoms with van der Waals surface area (Å²) in [6, 6.07) is 3.30. The van der Waals surface area contributed by atoms with Crippen molar-refractivity contribution in [2.45, 2.75) is 62.1 Å². The molecule has 2 aliphatic rings. The Labute approximate surface area is 237 Å². The number of anilines is 3. The summed E-state index contributed by atoms with van der Waals surface area (Å²) >= 11 is 0.519. The summed E-state index contributed by atoms with van der Waals surface area (Å²) in [5.41, 5.74) is 1.54. The third-order valence-electron chi connectivity index (χ3n) is 6.92. The van der Waals surface area contributed by atoms with Crippen molar-refractivity contribution in [2.24, 2.45) is 0 Å². The summed E-state index contributed by atoms with van der Waals surface area (Å²) in [5, 5.41) is 20.3. The Morgan fingerprint density at radius 2 is 1.80 bits per heavy atom. The Bertz CT molecular complexity index is 1660. The lowest BCUT2D eigenvalue weighted by Crippen LogP contribution is -2.28. The van der Waals surface area contributed by atoms with Crippen LogP contribution in [0.3, 0.4) is 0 Å². The fraction of sp³-hybridized carbons (Fsp3) is 0.400. The average Bonchev–Trinajstić information content (AvgIpc) is 3.46. The van der Waals surface area contributed by atoms with Gasteiger partial charge in [-0.2, -0.15) is 22.4 Å². The predicted molar refractivity (Wildman–Crippen MR) is 146 cm³/mol. The number of pyridine rings is 1. The second-order valence-corrected chi connectivity index (χ2v) is 13.0. The third-order valence-corrected chi connectivity index (χ3v) is 9.84. The normalized spacial score (nSPS) is 19.7. The van der Waals surface area contributed by atoms with Crippen molar-refractivity contribution < 1.29 is 26.7 Å². The number of alkyl halides is 3. The molecule has 0 bridgehead atoms. The first-order valence-corrected chi connectivity index (χ1v) is 15.3. The lowest BCUT2D eigenvalue weighted by molar-refractivity contribution is -0.137. The minimum absolute atomic E-state index is 0.0160. The number of hydrogen-bond donors (Lipinski definition) is 3. The smallest absolute Gasteiger partial charge is 0.393 e. The van der Waals surface area contributed by atoms with Gasteiger partial charge in [-0.15, -0.1) is 11.3 Å². The quantitative estimate of drug-likeness (QED) is 0.258. The predicted octanol–water partition coefficient (Wildman–Crippen LogP) is 4.68. The van der Waals surface area contributed by atoms with Crippen LogP contribution in [0.5, 0.6) is 0 Å². The second kappa shape index (κ2) is 10.6. The van der Waals surface area contributed by atoms with Crippen molar-refractivity contribution in [1.29, 1.82) is 0 Å². The molecule has 2 aliphatic carbocycles. The van der Waals surface area contributed by atoms with Crippen LogP contribution in [-0.2, 0) is 16.2 Å². The number of halogens is 3. The molecule has 3 N–H and O–H groups in total. The molecular formula is C25H25F3N8O3S2. The van der Waals surface area contributed by atoms with Crippen LogP contribution in [0.4, 0.5) is 30.5 Å². The van der Waals surface area contributed by atoms with Crippen LogP contribution >= 0.6 is 11.3 Å². The molecule has 0 saturated heterocycles. The number of rotatable bonds is 8. The number of aliphatic hydroxyl groups is 1. The molecule has 0 unspecified atom stereocenters. The van der Waals surface area contributed by atoms with Gasteiger partial charge in [0.25, 0.3) is 10.0 Å². The number of aliphatic hydroxyl groups excluding tert-OH is 1. The van der Waals surface area contributed by atoms with Crippen molar-refractivity contribution in [3.63, 3.8) is 0 Å². The molecule has 11 nitrogen and oxygen atoms in total. The van der Waals surface area contributed by atoms with Gasteiger partial charge < -0.3 is 15.7 Å². The van der Waals surface area contributed by atoms with Crippen LogP contribution in [0, 0.1) is 0 Å². The highest BCUT2D eigenvalue weighted by atomic mass is 32.2. The molecular weight excluding hydrogens is 581 g/mol. The fourth-order valence-electron chi connectivity index (χ4n) is 4.59. The van der Waals surface area contributed by atoms with E-state index in [2.05, 4.69) is 35.7 Å². The Balaban J connectivity index is 1.27. The topological polar surface area (TPSA) is 148 Å². The SMILES string of the molecule is O=S(=O)(C1CC1)n1cc(-c2nccc(Nc3cc(NC4CCC(O)CC4)c(-c4csc(C(F)(F)F)n4)cn3)n2)cn1. The summed E-state index contributed by atoms with van der Waals surface area (Å²) in [4.78, 5) is 16.9. The highest BCUT2D eigenvalue weighted by Gasteiger charge is 2.38. The van der Waals surface area contributed by atoms with Gasteiger partial charge in [-0.25, -0.2) is 28.4 Å². The van der Waals surface area contributed by atoms with Gasteiger partial charge in [0.2, 0.25) is 0 Å². The van der Waals surface area contributed by atoms with Gasteiger partial charge in [-0.3, -0.25) is 0 Å². The summed E-state index contributed by atoms with van der Waals surface area (Å²) in [6.07, 6.45) is 4.71. The minimum Gasteiger partial charge on any atom is -0.393 e. The number of nitrogens with one attached hydrogen (secondary N) is 2. The van der Waals surface area contributed by atoms with Crippen LogP contribution in [0.1, 0.15) is 43.5 Å². The largest absolute Gasteiger partial charge is 0.443 e. The summed E-state index contributed by atoms with van der Waals surface area (Å²) < 4.78 is 65.6. The van der Waals surface area contributed by atoms with Gasteiger partial charge in [-0.05, 0) is 44.6 Å². The van der Waals surface area contributed by atoms with E-state index in [0.717, 1.165) is 4.09 Å². The molecule has 16 heteroatoms. The van der Waals surface area contributed by atoms with Crippen LogP contribution in [-0.4, -0.2) is 60.0 Å². The van der Waals surface area contributed by atoms with E-state index < -0.39 is 26.5 Å². The molecule has 0 spiro atoms. The Hall–Kier alpha value is -3.63.